The van der Waals surface area contributed by atoms with Crippen LogP contribution < -0.4 is 11.1 Å². The minimum absolute atomic E-state index is 0.0202. The van der Waals surface area contributed by atoms with Crippen molar-refractivity contribution in [3.63, 3.8) is 0 Å². The number of primary amides is 1. The van der Waals surface area contributed by atoms with Gasteiger partial charge in [-0.2, -0.15) is 23.0 Å². The molecule has 1 amide bonds. The van der Waals surface area contributed by atoms with Gasteiger partial charge in [0, 0.05) is 16.5 Å². The quantitative estimate of drug-likeness (QED) is 0.460. The molecule has 0 saturated carbocycles. The Hall–Kier alpha value is -3.87. The van der Waals surface area contributed by atoms with Crippen LogP contribution >= 0.6 is 11.6 Å². The number of benzene rings is 1. The summed E-state index contributed by atoms with van der Waals surface area (Å²) in [5, 5.41) is 7.07. The van der Waals surface area contributed by atoms with Gasteiger partial charge < -0.3 is 11.1 Å². The Morgan fingerprint density at radius 1 is 1.09 bits per heavy atom. The van der Waals surface area contributed by atoms with Crippen molar-refractivity contribution in [1.82, 2.24) is 34.7 Å². The zero-order chi connectivity index (χ0) is 23.0. The van der Waals surface area contributed by atoms with Crippen LogP contribution in [0.25, 0.3) is 16.7 Å². The van der Waals surface area contributed by atoms with E-state index in [-0.39, 0.29) is 33.3 Å². The maximum atomic E-state index is 13.4. The van der Waals surface area contributed by atoms with Gasteiger partial charge in [-0.15, -0.1) is 0 Å². The van der Waals surface area contributed by atoms with Crippen LogP contribution in [0.15, 0.2) is 37.2 Å². The lowest BCUT2D eigenvalue weighted by atomic mass is 10.1. The van der Waals surface area contributed by atoms with Crippen LogP contribution in [-0.4, -0.2) is 40.6 Å². The number of aromatic nitrogens is 7. The van der Waals surface area contributed by atoms with Crippen molar-refractivity contribution < 1.29 is 18.0 Å². The number of hydrogen-bond acceptors (Lipinski definition) is 8. The molecule has 164 valence electrons. The lowest BCUT2D eigenvalue weighted by Gasteiger charge is -2.17. The van der Waals surface area contributed by atoms with E-state index in [0.717, 1.165) is 18.7 Å². The van der Waals surface area contributed by atoms with Crippen molar-refractivity contribution in [2.45, 2.75) is 19.1 Å². The molecule has 3 aromatic heterocycles. The summed E-state index contributed by atoms with van der Waals surface area (Å²) in [6, 6.07) is 2.89. The van der Waals surface area contributed by atoms with Gasteiger partial charge in [-0.25, -0.2) is 24.9 Å². The summed E-state index contributed by atoms with van der Waals surface area (Å²) in [6.45, 7) is 1.69. The van der Waals surface area contributed by atoms with Crippen molar-refractivity contribution in [3.8, 4) is 5.82 Å². The summed E-state index contributed by atoms with van der Waals surface area (Å²) < 4.78 is 41.7. The zero-order valence-corrected chi connectivity index (χ0v) is 16.9. The van der Waals surface area contributed by atoms with Gasteiger partial charge in [0.2, 0.25) is 0 Å². The first-order chi connectivity index (χ1) is 15.1. The van der Waals surface area contributed by atoms with Crippen LogP contribution in [0.5, 0.6) is 0 Å². The van der Waals surface area contributed by atoms with E-state index in [2.05, 4.69) is 35.3 Å². The van der Waals surface area contributed by atoms with E-state index in [1.807, 2.05) is 0 Å². The first-order valence-electron chi connectivity index (χ1n) is 8.95. The molecule has 0 saturated heterocycles. The lowest BCUT2D eigenvalue weighted by molar-refractivity contribution is -0.136. The van der Waals surface area contributed by atoms with Crippen LogP contribution in [-0.2, 0) is 6.18 Å². The third-order valence-corrected chi connectivity index (χ3v) is 4.66. The zero-order valence-electron chi connectivity index (χ0n) is 16.2. The van der Waals surface area contributed by atoms with E-state index < -0.39 is 23.7 Å². The van der Waals surface area contributed by atoms with Crippen LogP contribution in [0, 0.1) is 0 Å². The van der Waals surface area contributed by atoms with Crippen molar-refractivity contribution in [1.29, 1.82) is 0 Å². The maximum absolute atomic E-state index is 13.4. The first-order valence-corrected chi connectivity index (χ1v) is 9.33. The standard InChI is InChI=1S/C18H13ClF3N9O/c1-8(17-28-7-29-31(17)13-4-12(15(23)32)24-5-25-13)30-16-10-2-9(19)3-11(18(20,21)22)14(10)26-6-27-16/h2-8H,1H3,(H2,23,32)(H,26,27,30). The van der Waals surface area contributed by atoms with Gasteiger partial charge in [-0.1, -0.05) is 11.6 Å². The van der Waals surface area contributed by atoms with E-state index in [9.17, 15) is 18.0 Å². The molecule has 0 aliphatic rings. The average Bonchev–Trinajstić information content (AvgIpc) is 3.23. The summed E-state index contributed by atoms with van der Waals surface area (Å²) in [6.07, 6.45) is -1.21. The number of nitrogens with zero attached hydrogens (tertiary/aromatic N) is 7. The highest BCUT2D eigenvalue weighted by Crippen LogP contribution is 2.38. The Balaban J connectivity index is 1.73. The predicted octanol–water partition coefficient (Wildman–Crippen LogP) is 2.94. The molecule has 0 bridgehead atoms. The number of rotatable bonds is 5. The van der Waals surface area contributed by atoms with E-state index >= 15 is 0 Å². The summed E-state index contributed by atoms with van der Waals surface area (Å²) in [7, 11) is 0. The largest absolute Gasteiger partial charge is 0.418 e. The average molecular weight is 464 g/mol. The van der Waals surface area contributed by atoms with Gasteiger partial charge in [-0.05, 0) is 19.1 Å². The molecule has 3 heterocycles. The Morgan fingerprint density at radius 2 is 1.84 bits per heavy atom. The Labute approximate surface area is 182 Å². The highest BCUT2D eigenvalue weighted by atomic mass is 35.5. The predicted molar refractivity (Wildman–Crippen MR) is 107 cm³/mol. The second-order valence-corrected chi connectivity index (χ2v) is 7.03. The maximum Gasteiger partial charge on any atom is 0.418 e. The Bertz CT molecular complexity index is 1320. The second kappa shape index (κ2) is 8.00. The van der Waals surface area contributed by atoms with Crippen LogP contribution in [0.4, 0.5) is 19.0 Å². The van der Waals surface area contributed by atoms with Gasteiger partial charge in [0.05, 0.1) is 17.1 Å². The number of alkyl halides is 3. The Morgan fingerprint density at radius 3 is 2.56 bits per heavy atom. The molecule has 0 aliphatic heterocycles. The summed E-state index contributed by atoms with van der Waals surface area (Å²) in [4.78, 5) is 31.3. The molecular weight excluding hydrogens is 451 g/mol. The third-order valence-electron chi connectivity index (χ3n) is 4.45. The molecule has 0 radical (unpaired) electrons. The van der Waals surface area contributed by atoms with Gasteiger partial charge in [0.1, 0.15) is 30.5 Å². The van der Waals surface area contributed by atoms with E-state index in [0.29, 0.717) is 5.82 Å². The molecule has 4 aromatic rings. The summed E-state index contributed by atoms with van der Waals surface area (Å²) in [5.41, 5.74) is 3.96. The third kappa shape index (κ3) is 4.01. The number of anilines is 1. The van der Waals surface area contributed by atoms with Crippen molar-refractivity contribution in [2.75, 3.05) is 5.32 Å². The normalized spacial score (nSPS) is 12.7. The van der Waals surface area contributed by atoms with Gasteiger partial charge in [0.15, 0.2) is 11.6 Å². The molecular formula is C18H13ClF3N9O. The lowest BCUT2D eigenvalue weighted by Crippen LogP contribution is -2.18. The molecule has 14 heteroatoms. The summed E-state index contributed by atoms with van der Waals surface area (Å²) in [5.74, 6) is -0.0642. The molecule has 3 N–H and O–H groups in total. The fourth-order valence-corrected chi connectivity index (χ4v) is 3.27. The molecule has 0 spiro atoms. The number of hydrogen-bond donors (Lipinski definition) is 2. The van der Waals surface area contributed by atoms with Crippen molar-refractivity contribution >= 4 is 34.2 Å². The number of carbonyl (C=O) groups is 1. The number of nitrogens with two attached hydrogens (primary N) is 1. The molecule has 4 rings (SSSR count). The molecule has 0 aliphatic carbocycles. The van der Waals surface area contributed by atoms with Crippen molar-refractivity contribution in [3.05, 3.63) is 59.3 Å². The van der Waals surface area contributed by atoms with Crippen LogP contribution in [0.1, 0.15) is 34.8 Å². The smallest absolute Gasteiger partial charge is 0.364 e. The minimum Gasteiger partial charge on any atom is -0.364 e. The first kappa shape index (κ1) is 21.4. The fourth-order valence-electron chi connectivity index (χ4n) is 3.05. The van der Waals surface area contributed by atoms with E-state index in [4.69, 9.17) is 17.3 Å². The Kier molecular flexibility index (Phi) is 5.34. The molecule has 1 unspecified atom stereocenters. The van der Waals surface area contributed by atoms with Gasteiger partial charge in [0.25, 0.3) is 5.91 Å². The minimum atomic E-state index is -4.65. The van der Waals surface area contributed by atoms with E-state index in [1.165, 1.54) is 23.1 Å². The fraction of sp³-hybridized carbons (Fsp3) is 0.167. The SMILES string of the molecule is CC(Nc1ncnc2c(C(F)(F)F)cc(Cl)cc12)c1ncnn1-c1cc(C(N)=O)ncn1. The highest BCUT2D eigenvalue weighted by molar-refractivity contribution is 6.31. The number of amides is 1. The number of halogens is 4. The molecule has 1 aromatic carbocycles. The number of nitrogens with one attached hydrogen (secondary N) is 1. The van der Waals surface area contributed by atoms with Crippen LogP contribution in [0.3, 0.4) is 0 Å². The second-order valence-electron chi connectivity index (χ2n) is 6.59. The topological polar surface area (TPSA) is 137 Å². The van der Waals surface area contributed by atoms with Crippen molar-refractivity contribution in [2.24, 2.45) is 5.73 Å². The molecule has 0 fully saturated rings. The monoisotopic (exact) mass is 463 g/mol. The molecule has 32 heavy (non-hydrogen) atoms. The highest BCUT2D eigenvalue weighted by Gasteiger charge is 2.34. The number of fused-ring (bicyclic) bond motifs is 1. The molecule has 1 atom stereocenters. The van der Waals surface area contributed by atoms with Gasteiger partial charge >= 0.3 is 6.18 Å². The van der Waals surface area contributed by atoms with E-state index in [1.54, 1.807) is 6.92 Å². The van der Waals surface area contributed by atoms with Crippen LogP contribution in [0.2, 0.25) is 5.02 Å². The summed E-state index contributed by atoms with van der Waals surface area (Å²) >= 11 is 5.92. The molecule has 10 nitrogen and oxygen atoms in total. The number of carbonyl (C=O) groups excluding carboxylic acids is 1. The van der Waals surface area contributed by atoms with Gasteiger partial charge in [-0.3, -0.25) is 4.79 Å².